The van der Waals surface area contributed by atoms with Gasteiger partial charge in [0, 0.05) is 26.8 Å². The van der Waals surface area contributed by atoms with Crippen molar-refractivity contribution in [3.05, 3.63) is 0 Å². The Morgan fingerprint density at radius 3 is 3.00 bits per heavy atom. The Hall–Kier alpha value is -0.770. The molecule has 1 aliphatic heterocycles. The minimum absolute atomic E-state index is 0.503. The van der Waals surface area contributed by atoms with Gasteiger partial charge in [-0.25, -0.2) is 0 Å². The second kappa shape index (κ2) is 4.17. The van der Waals surface area contributed by atoms with Crippen LogP contribution in [0.15, 0.2) is 4.99 Å². The highest BCUT2D eigenvalue weighted by Gasteiger charge is 2.41. The average molecular weight is 197 g/mol. The predicted molar refractivity (Wildman–Crippen MR) is 56.5 cm³/mol. The van der Waals surface area contributed by atoms with Crippen molar-refractivity contribution in [1.29, 1.82) is 0 Å². The van der Waals surface area contributed by atoms with Crippen molar-refractivity contribution in [3.63, 3.8) is 0 Å². The lowest BCUT2D eigenvalue weighted by molar-refractivity contribution is 0.172. The van der Waals surface area contributed by atoms with Gasteiger partial charge in [-0.05, 0) is 24.7 Å². The first-order chi connectivity index (χ1) is 6.85. The summed E-state index contributed by atoms with van der Waals surface area (Å²) < 4.78 is 5.12. The van der Waals surface area contributed by atoms with Crippen molar-refractivity contribution < 1.29 is 4.74 Å². The zero-order valence-corrected chi connectivity index (χ0v) is 8.81. The number of methoxy groups -OCH3 is 1. The number of ether oxygens (including phenoxy) is 1. The van der Waals surface area contributed by atoms with Gasteiger partial charge in [-0.15, -0.1) is 0 Å². The van der Waals surface area contributed by atoms with E-state index in [2.05, 4.69) is 15.6 Å². The molecular formula is C10H19N3O. The molecule has 0 atom stereocenters. The molecule has 1 aliphatic carbocycles. The third-order valence-corrected chi connectivity index (χ3v) is 3.10. The van der Waals surface area contributed by atoms with Gasteiger partial charge >= 0.3 is 0 Å². The summed E-state index contributed by atoms with van der Waals surface area (Å²) in [7, 11) is 1.77. The molecule has 0 bridgehead atoms. The fourth-order valence-electron chi connectivity index (χ4n) is 1.80. The molecule has 0 spiro atoms. The normalized spacial score (nSPS) is 22.8. The number of nitrogens with one attached hydrogen (secondary N) is 2. The maximum atomic E-state index is 5.12. The van der Waals surface area contributed by atoms with Gasteiger partial charge in [-0.1, -0.05) is 0 Å². The lowest BCUT2D eigenvalue weighted by atomic mass is 10.0. The van der Waals surface area contributed by atoms with Crippen molar-refractivity contribution in [2.75, 3.05) is 33.4 Å². The van der Waals surface area contributed by atoms with E-state index in [4.69, 9.17) is 4.74 Å². The van der Waals surface area contributed by atoms with E-state index in [9.17, 15) is 0 Å². The summed E-state index contributed by atoms with van der Waals surface area (Å²) in [4.78, 5) is 4.31. The third kappa shape index (κ3) is 2.38. The van der Waals surface area contributed by atoms with Crippen LogP contribution in [0.1, 0.15) is 19.3 Å². The first-order valence-corrected chi connectivity index (χ1v) is 5.36. The number of aliphatic imine (C=N–C) groups is 1. The van der Waals surface area contributed by atoms with E-state index in [1.165, 1.54) is 19.3 Å². The van der Waals surface area contributed by atoms with Gasteiger partial charge in [-0.3, -0.25) is 4.99 Å². The van der Waals surface area contributed by atoms with Crippen molar-refractivity contribution in [2.24, 2.45) is 10.4 Å². The molecule has 0 aromatic carbocycles. The van der Waals surface area contributed by atoms with E-state index in [1.807, 2.05) is 0 Å². The van der Waals surface area contributed by atoms with Crippen LogP contribution >= 0.6 is 0 Å². The van der Waals surface area contributed by atoms with Crippen LogP contribution in [0.4, 0.5) is 0 Å². The summed E-state index contributed by atoms with van der Waals surface area (Å²) in [6, 6.07) is 0. The first kappa shape index (κ1) is 9.77. The molecule has 14 heavy (non-hydrogen) atoms. The van der Waals surface area contributed by atoms with Gasteiger partial charge in [0.1, 0.15) is 0 Å². The zero-order valence-electron chi connectivity index (χ0n) is 8.81. The van der Waals surface area contributed by atoms with Crippen LogP contribution in [-0.4, -0.2) is 39.3 Å². The third-order valence-electron chi connectivity index (χ3n) is 3.10. The molecule has 0 amide bonds. The second-order valence-corrected chi connectivity index (χ2v) is 4.25. The van der Waals surface area contributed by atoms with Crippen molar-refractivity contribution in [1.82, 2.24) is 10.6 Å². The monoisotopic (exact) mass is 197 g/mol. The van der Waals surface area contributed by atoms with Crippen LogP contribution in [0.25, 0.3) is 0 Å². The number of guanidine groups is 1. The molecule has 1 fully saturated rings. The Labute approximate surface area is 85.1 Å². The van der Waals surface area contributed by atoms with E-state index >= 15 is 0 Å². The maximum Gasteiger partial charge on any atom is 0.191 e. The average Bonchev–Trinajstić information content (AvgIpc) is 2.77. The molecule has 0 saturated heterocycles. The Morgan fingerprint density at radius 1 is 1.57 bits per heavy atom. The Kier molecular flexibility index (Phi) is 2.91. The van der Waals surface area contributed by atoms with Crippen molar-refractivity contribution >= 4 is 5.96 Å². The molecule has 4 nitrogen and oxygen atoms in total. The van der Waals surface area contributed by atoms with Gasteiger partial charge in [0.25, 0.3) is 0 Å². The van der Waals surface area contributed by atoms with E-state index in [0.717, 1.165) is 32.2 Å². The molecule has 0 radical (unpaired) electrons. The smallest absolute Gasteiger partial charge is 0.191 e. The van der Waals surface area contributed by atoms with E-state index in [0.29, 0.717) is 5.41 Å². The predicted octanol–water partition coefficient (Wildman–Crippen LogP) is 0.352. The standard InChI is InChI=1S/C10H19N3O/c1-14-7-4-10(2-3-10)8-13-9-11-5-6-12-9/h2-8H2,1H3,(H2,11,12,13). The number of nitrogens with zero attached hydrogens (tertiary/aromatic N) is 1. The first-order valence-electron chi connectivity index (χ1n) is 5.36. The Bertz CT molecular complexity index is 223. The summed E-state index contributed by atoms with van der Waals surface area (Å²) in [5.41, 5.74) is 0.503. The minimum atomic E-state index is 0.503. The van der Waals surface area contributed by atoms with Gasteiger partial charge in [0.05, 0.1) is 6.54 Å². The maximum absolute atomic E-state index is 5.12. The molecule has 0 unspecified atom stereocenters. The quantitative estimate of drug-likeness (QED) is 0.668. The van der Waals surface area contributed by atoms with Crippen LogP contribution in [-0.2, 0) is 4.74 Å². The topological polar surface area (TPSA) is 45.6 Å². The van der Waals surface area contributed by atoms with Gasteiger partial charge in [-0.2, -0.15) is 0 Å². The van der Waals surface area contributed by atoms with Gasteiger partial charge in [0.15, 0.2) is 5.96 Å². The largest absolute Gasteiger partial charge is 0.385 e. The van der Waals surface area contributed by atoms with Crippen LogP contribution in [0.2, 0.25) is 0 Å². The minimum Gasteiger partial charge on any atom is -0.385 e. The van der Waals surface area contributed by atoms with Crippen LogP contribution in [0.3, 0.4) is 0 Å². The molecular weight excluding hydrogens is 178 g/mol. The number of hydrogen-bond acceptors (Lipinski definition) is 4. The second-order valence-electron chi connectivity index (χ2n) is 4.25. The number of hydrogen-bond donors (Lipinski definition) is 2. The SMILES string of the molecule is COCCC1(CNC2=NCCN2)CC1. The fourth-order valence-corrected chi connectivity index (χ4v) is 1.80. The van der Waals surface area contributed by atoms with Crippen molar-refractivity contribution in [3.8, 4) is 0 Å². The summed E-state index contributed by atoms with van der Waals surface area (Å²) >= 11 is 0. The summed E-state index contributed by atoms with van der Waals surface area (Å²) in [5, 5.41) is 6.60. The molecule has 80 valence electrons. The molecule has 0 aromatic rings. The van der Waals surface area contributed by atoms with E-state index in [1.54, 1.807) is 7.11 Å². The highest BCUT2D eigenvalue weighted by molar-refractivity contribution is 5.81. The lowest BCUT2D eigenvalue weighted by Crippen LogP contribution is -2.37. The fraction of sp³-hybridized carbons (Fsp3) is 0.900. The summed E-state index contributed by atoms with van der Waals surface area (Å²) in [6.45, 7) is 3.81. The van der Waals surface area contributed by atoms with Gasteiger partial charge < -0.3 is 15.4 Å². The number of rotatable bonds is 5. The van der Waals surface area contributed by atoms with Gasteiger partial charge in [0.2, 0.25) is 0 Å². The molecule has 2 rings (SSSR count). The highest BCUT2D eigenvalue weighted by Crippen LogP contribution is 2.48. The summed E-state index contributed by atoms with van der Waals surface area (Å²) in [6.07, 6.45) is 3.83. The lowest BCUT2D eigenvalue weighted by Gasteiger charge is -2.16. The highest BCUT2D eigenvalue weighted by atomic mass is 16.5. The van der Waals surface area contributed by atoms with Crippen LogP contribution < -0.4 is 10.6 Å². The molecule has 2 aliphatic rings. The van der Waals surface area contributed by atoms with Crippen LogP contribution in [0, 0.1) is 5.41 Å². The Balaban J connectivity index is 1.69. The molecule has 1 saturated carbocycles. The summed E-state index contributed by atoms with van der Waals surface area (Å²) in [5.74, 6) is 0.980. The zero-order chi connectivity index (χ0) is 9.86. The molecule has 4 heteroatoms. The van der Waals surface area contributed by atoms with Crippen molar-refractivity contribution in [2.45, 2.75) is 19.3 Å². The molecule has 1 heterocycles. The Morgan fingerprint density at radius 2 is 2.43 bits per heavy atom. The van der Waals surface area contributed by atoms with E-state index < -0.39 is 0 Å². The van der Waals surface area contributed by atoms with E-state index in [-0.39, 0.29) is 0 Å². The molecule has 0 aromatic heterocycles. The van der Waals surface area contributed by atoms with Crippen LogP contribution in [0.5, 0.6) is 0 Å². The molecule has 2 N–H and O–H groups in total.